The molecule has 0 N–H and O–H groups in total. The van der Waals surface area contributed by atoms with E-state index < -0.39 is 0 Å². The molecule has 0 aromatic carbocycles. The van der Waals surface area contributed by atoms with Crippen LogP contribution in [0.2, 0.25) is 0 Å². The van der Waals surface area contributed by atoms with Gasteiger partial charge in [-0.2, -0.15) is 0 Å². The number of pyridine rings is 1. The highest BCUT2D eigenvalue weighted by molar-refractivity contribution is 7.98. The molecular formula is C18H21N3O2S. The van der Waals surface area contributed by atoms with E-state index in [1.165, 1.54) is 11.8 Å². The molecule has 2 bridgehead atoms. The number of aryl methyl sites for hydroxylation is 1. The first-order chi connectivity index (χ1) is 11.5. The zero-order valence-corrected chi connectivity index (χ0v) is 15.1. The predicted octanol–water partition coefficient (Wildman–Crippen LogP) is 3.34. The van der Waals surface area contributed by atoms with Gasteiger partial charge in [0.2, 0.25) is 0 Å². The first-order valence-corrected chi connectivity index (χ1v) is 9.52. The minimum absolute atomic E-state index is 0.0256. The molecule has 0 aliphatic heterocycles. The fourth-order valence-corrected chi connectivity index (χ4v) is 4.45. The molecule has 0 unspecified atom stereocenters. The highest BCUT2D eigenvalue weighted by Gasteiger charge is 2.59. The maximum Gasteiger partial charge on any atom is 0.264 e. The first-order valence-electron chi connectivity index (χ1n) is 8.29. The van der Waals surface area contributed by atoms with Gasteiger partial charge in [0.05, 0.1) is 17.7 Å². The molecule has 3 saturated carbocycles. The minimum atomic E-state index is -0.0566. The lowest BCUT2D eigenvalue weighted by atomic mass is 9.49. The lowest BCUT2D eigenvalue weighted by molar-refractivity contribution is -0.0885. The molecule has 5 nitrogen and oxygen atoms in total. The molecule has 5 rings (SSSR count). The van der Waals surface area contributed by atoms with E-state index in [2.05, 4.69) is 16.5 Å². The van der Waals surface area contributed by atoms with Gasteiger partial charge >= 0.3 is 0 Å². The summed E-state index contributed by atoms with van der Waals surface area (Å²) >= 11 is 1.49. The van der Waals surface area contributed by atoms with Crippen LogP contribution < -0.4 is 5.56 Å². The van der Waals surface area contributed by atoms with Gasteiger partial charge in [0, 0.05) is 11.6 Å². The second kappa shape index (κ2) is 5.34. The molecule has 6 heteroatoms. The molecule has 3 aliphatic rings. The Hall–Kier alpha value is -1.82. The molecule has 3 aliphatic carbocycles. The minimum Gasteiger partial charge on any atom is -0.494 e. The summed E-state index contributed by atoms with van der Waals surface area (Å²) in [5.41, 5.74) is 2.09. The second-order valence-corrected chi connectivity index (χ2v) is 7.57. The number of rotatable bonds is 5. The number of nitrogens with zero attached hydrogens (tertiary/aromatic N) is 3. The SMILES string of the molecule is C=C(OCC)c1c(C)c2cnc(SC)nc2n(C23CC(C2)C3)c1=O. The van der Waals surface area contributed by atoms with E-state index in [1.54, 1.807) is 0 Å². The van der Waals surface area contributed by atoms with Gasteiger partial charge in [-0.3, -0.25) is 9.36 Å². The molecule has 2 aromatic rings. The molecule has 126 valence electrons. The van der Waals surface area contributed by atoms with Crippen LogP contribution in [0.25, 0.3) is 16.8 Å². The monoisotopic (exact) mass is 343 g/mol. The van der Waals surface area contributed by atoms with E-state index >= 15 is 0 Å². The Kier molecular flexibility index (Phi) is 3.49. The molecule has 2 aromatic heterocycles. The number of hydrogen-bond donors (Lipinski definition) is 0. The van der Waals surface area contributed by atoms with Crippen molar-refractivity contribution < 1.29 is 4.74 Å². The summed E-state index contributed by atoms with van der Waals surface area (Å²) in [6.45, 7) is 8.29. The molecular weight excluding hydrogens is 322 g/mol. The Morgan fingerprint density at radius 2 is 2.21 bits per heavy atom. The van der Waals surface area contributed by atoms with Crippen LogP contribution >= 0.6 is 11.8 Å². The molecule has 0 amide bonds. The quantitative estimate of drug-likeness (QED) is 0.473. The molecule has 24 heavy (non-hydrogen) atoms. The van der Waals surface area contributed by atoms with E-state index in [1.807, 2.05) is 30.9 Å². The summed E-state index contributed by atoms with van der Waals surface area (Å²) in [6.07, 6.45) is 7.00. The second-order valence-electron chi connectivity index (χ2n) is 6.79. The number of fused-ring (bicyclic) bond motifs is 1. The fourth-order valence-electron chi connectivity index (χ4n) is 4.11. The standard InChI is InChI=1S/C18H21N3O2S/c1-5-23-11(3)14-10(2)13-9-19-17(24-4)20-15(13)21(16(14)22)18-6-12(7-18)8-18/h9,12H,3,5-8H2,1-2,4H3. The summed E-state index contributed by atoms with van der Waals surface area (Å²) in [6, 6.07) is 0. The van der Waals surface area contributed by atoms with Gasteiger partial charge in [-0.05, 0) is 50.8 Å². The van der Waals surface area contributed by atoms with Crippen LogP contribution in [-0.4, -0.2) is 27.4 Å². The van der Waals surface area contributed by atoms with Gasteiger partial charge in [-0.15, -0.1) is 0 Å². The lowest BCUT2D eigenvalue weighted by Crippen LogP contribution is -2.62. The number of ether oxygens (including phenoxy) is 1. The van der Waals surface area contributed by atoms with Crippen molar-refractivity contribution in [1.82, 2.24) is 14.5 Å². The zero-order valence-electron chi connectivity index (χ0n) is 14.3. The molecule has 3 fully saturated rings. The third-order valence-electron chi connectivity index (χ3n) is 5.41. The predicted molar refractivity (Wildman–Crippen MR) is 96.3 cm³/mol. The van der Waals surface area contributed by atoms with Gasteiger partial charge in [-0.25, -0.2) is 9.97 Å². The Bertz CT molecular complexity index is 902. The summed E-state index contributed by atoms with van der Waals surface area (Å²) in [7, 11) is 0. The van der Waals surface area contributed by atoms with Crippen LogP contribution in [0.5, 0.6) is 0 Å². The van der Waals surface area contributed by atoms with E-state index in [4.69, 9.17) is 4.74 Å². The maximum atomic E-state index is 13.3. The topological polar surface area (TPSA) is 57.0 Å². The van der Waals surface area contributed by atoms with E-state index in [0.29, 0.717) is 23.1 Å². The largest absolute Gasteiger partial charge is 0.494 e. The highest BCUT2D eigenvalue weighted by atomic mass is 32.2. The van der Waals surface area contributed by atoms with Crippen molar-refractivity contribution in [1.29, 1.82) is 0 Å². The molecule has 0 radical (unpaired) electrons. The van der Waals surface area contributed by atoms with Crippen molar-refractivity contribution in [3.63, 3.8) is 0 Å². The van der Waals surface area contributed by atoms with Crippen LogP contribution in [0, 0.1) is 12.8 Å². The Morgan fingerprint density at radius 1 is 1.50 bits per heavy atom. The molecule has 0 atom stereocenters. The van der Waals surface area contributed by atoms with Gasteiger partial charge in [0.15, 0.2) is 5.16 Å². The van der Waals surface area contributed by atoms with E-state index in [9.17, 15) is 4.79 Å². The Labute approximate surface area is 145 Å². The van der Waals surface area contributed by atoms with Gasteiger partial charge in [-0.1, -0.05) is 18.3 Å². The highest BCUT2D eigenvalue weighted by Crippen LogP contribution is 2.62. The third-order valence-corrected chi connectivity index (χ3v) is 5.98. The molecule has 2 heterocycles. The first kappa shape index (κ1) is 15.7. The van der Waals surface area contributed by atoms with Crippen molar-refractivity contribution in [2.24, 2.45) is 5.92 Å². The van der Waals surface area contributed by atoms with Gasteiger partial charge in [0.1, 0.15) is 11.4 Å². The van der Waals surface area contributed by atoms with Gasteiger partial charge < -0.3 is 4.74 Å². The summed E-state index contributed by atoms with van der Waals surface area (Å²) in [5.74, 6) is 1.21. The number of thioether (sulfide) groups is 1. The number of aromatic nitrogens is 3. The van der Waals surface area contributed by atoms with Gasteiger partial charge in [0.25, 0.3) is 5.56 Å². The van der Waals surface area contributed by atoms with Crippen molar-refractivity contribution in [2.75, 3.05) is 12.9 Å². The van der Waals surface area contributed by atoms with Crippen LogP contribution in [0.3, 0.4) is 0 Å². The Balaban J connectivity index is 2.05. The summed E-state index contributed by atoms with van der Waals surface area (Å²) < 4.78 is 7.48. The van der Waals surface area contributed by atoms with Crippen molar-refractivity contribution >= 4 is 28.6 Å². The van der Waals surface area contributed by atoms with Crippen molar-refractivity contribution in [3.8, 4) is 0 Å². The zero-order chi connectivity index (χ0) is 17.1. The normalized spacial score (nSPS) is 24.4. The van der Waals surface area contributed by atoms with E-state index in [0.717, 1.165) is 41.8 Å². The van der Waals surface area contributed by atoms with E-state index in [-0.39, 0.29) is 11.1 Å². The number of hydrogen-bond acceptors (Lipinski definition) is 5. The van der Waals surface area contributed by atoms with Crippen molar-refractivity contribution in [2.45, 2.75) is 43.8 Å². The fraction of sp³-hybridized carbons (Fsp3) is 0.500. The summed E-state index contributed by atoms with van der Waals surface area (Å²) in [5, 5.41) is 1.60. The third kappa shape index (κ3) is 1.98. The lowest BCUT2D eigenvalue weighted by Gasteiger charge is -2.62. The summed E-state index contributed by atoms with van der Waals surface area (Å²) in [4.78, 5) is 22.4. The Morgan fingerprint density at radius 3 is 2.75 bits per heavy atom. The van der Waals surface area contributed by atoms with Crippen LogP contribution in [0.1, 0.15) is 37.3 Å². The van der Waals surface area contributed by atoms with Crippen LogP contribution in [0.15, 0.2) is 22.7 Å². The molecule has 0 saturated heterocycles. The van der Waals surface area contributed by atoms with Crippen LogP contribution in [-0.2, 0) is 10.3 Å². The maximum absolute atomic E-state index is 13.3. The van der Waals surface area contributed by atoms with Crippen LogP contribution in [0.4, 0.5) is 0 Å². The average molecular weight is 343 g/mol. The molecule has 0 spiro atoms. The smallest absolute Gasteiger partial charge is 0.264 e. The average Bonchev–Trinajstić information content (AvgIpc) is 2.48. The van der Waals surface area contributed by atoms with Crippen molar-refractivity contribution in [3.05, 3.63) is 34.3 Å².